The van der Waals surface area contributed by atoms with Crippen molar-refractivity contribution in [3.63, 3.8) is 0 Å². The number of amidine groups is 1. The fourth-order valence-corrected chi connectivity index (χ4v) is 1.07. The van der Waals surface area contributed by atoms with Crippen molar-refractivity contribution in [1.82, 2.24) is 0 Å². The number of rotatable bonds is 3. The summed E-state index contributed by atoms with van der Waals surface area (Å²) in [6.45, 7) is 7.27. The summed E-state index contributed by atoms with van der Waals surface area (Å²) in [5.41, 5.74) is 12.5. The lowest BCUT2D eigenvalue weighted by Gasteiger charge is -1.96. The van der Waals surface area contributed by atoms with Crippen LogP contribution < -0.4 is 11.5 Å². The summed E-state index contributed by atoms with van der Waals surface area (Å²) in [4.78, 5) is 4.21. The molecule has 0 amide bonds. The third-order valence-corrected chi connectivity index (χ3v) is 1.61. The van der Waals surface area contributed by atoms with Crippen LogP contribution in [0.1, 0.15) is 25.4 Å². The first kappa shape index (κ1) is 11.0. The molecular weight excluding hydrogens is 192 g/mol. The van der Waals surface area contributed by atoms with Crippen LogP contribution in [0.25, 0.3) is 5.70 Å². The molecule has 0 fully saturated rings. The monoisotopic (exact) mass is 206 g/mol. The van der Waals surface area contributed by atoms with Gasteiger partial charge in [0.1, 0.15) is 5.69 Å². The van der Waals surface area contributed by atoms with E-state index in [0.29, 0.717) is 11.4 Å². The van der Waals surface area contributed by atoms with Gasteiger partial charge in [-0.25, -0.2) is 0 Å². The summed E-state index contributed by atoms with van der Waals surface area (Å²) in [5, 5.41) is 7.23. The molecule has 0 aromatic carbocycles. The molecule has 0 radical (unpaired) electrons. The van der Waals surface area contributed by atoms with Gasteiger partial charge in [-0.2, -0.15) is 0 Å². The van der Waals surface area contributed by atoms with Gasteiger partial charge in [0, 0.05) is 11.8 Å². The third-order valence-electron chi connectivity index (χ3n) is 1.61. The van der Waals surface area contributed by atoms with Gasteiger partial charge in [-0.3, -0.25) is 10.4 Å². The Kier molecular flexibility index (Phi) is 2.94. The van der Waals surface area contributed by atoms with Crippen molar-refractivity contribution < 1.29 is 4.42 Å². The summed E-state index contributed by atoms with van der Waals surface area (Å²) >= 11 is 0. The first-order valence-electron chi connectivity index (χ1n) is 4.36. The number of hydrogen-bond acceptors (Lipinski definition) is 4. The number of furan rings is 1. The molecule has 5 nitrogen and oxygen atoms in total. The van der Waals surface area contributed by atoms with Crippen molar-refractivity contribution in [2.75, 3.05) is 0 Å². The standard InChI is InChI=1S/C10H14N4O/c1-5(2)14-7-4-8(10(12)13)15-9(7)6(3)11/h4H,3,11H2,1-2H3,(H3,12,13). The van der Waals surface area contributed by atoms with E-state index < -0.39 is 0 Å². The average molecular weight is 206 g/mol. The van der Waals surface area contributed by atoms with Gasteiger partial charge in [-0.05, 0) is 13.8 Å². The lowest BCUT2D eigenvalue weighted by Crippen LogP contribution is -2.09. The van der Waals surface area contributed by atoms with Gasteiger partial charge in [0.15, 0.2) is 17.4 Å². The average Bonchev–Trinajstić information content (AvgIpc) is 2.46. The van der Waals surface area contributed by atoms with Crippen molar-refractivity contribution in [1.29, 1.82) is 5.41 Å². The Hall–Kier alpha value is -2.04. The van der Waals surface area contributed by atoms with Crippen LogP contribution >= 0.6 is 0 Å². The SMILES string of the molecule is C=C(N)c1oc(C(=N)N)cc1N=C(C)C. The van der Waals surface area contributed by atoms with Gasteiger partial charge in [-0.1, -0.05) is 6.58 Å². The molecule has 5 N–H and O–H groups in total. The zero-order valence-corrected chi connectivity index (χ0v) is 8.79. The van der Waals surface area contributed by atoms with E-state index in [0.717, 1.165) is 5.71 Å². The number of nitrogens with two attached hydrogens (primary N) is 2. The predicted molar refractivity (Wildman–Crippen MR) is 61.4 cm³/mol. The molecule has 80 valence electrons. The van der Waals surface area contributed by atoms with Crippen molar-refractivity contribution in [2.24, 2.45) is 16.5 Å². The van der Waals surface area contributed by atoms with E-state index in [4.69, 9.17) is 21.3 Å². The number of nitrogens with one attached hydrogen (secondary N) is 1. The Balaban J connectivity index is 3.30. The highest BCUT2D eigenvalue weighted by atomic mass is 16.3. The van der Waals surface area contributed by atoms with Crippen LogP contribution in [0, 0.1) is 5.41 Å². The van der Waals surface area contributed by atoms with Crippen molar-refractivity contribution in [3.8, 4) is 0 Å². The largest absolute Gasteiger partial charge is 0.449 e. The Morgan fingerprint density at radius 1 is 1.47 bits per heavy atom. The molecule has 1 aromatic heterocycles. The van der Waals surface area contributed by atoms with Crippen LogP contribution in [-0.2, 0) is 0 Å². The molecule has 15 heavy (non-hydrogen) atoms. The maximum atomic E-state index is 7.23. The summed E-state index contributed by atoms with van der Waals surface area (Å²) in [6, 6.07) is 1.57. The molecule has 1 heterocycles. The van der Waals surface area contributed by atoms with E-state index in [1.807, 2.05) is 13.8 Å². The molecule has 1 rings (SSSR count). The van der Waals surface area contributed by atoms with Crippen LogP contribution in [-0.4, -0.2) is 11.5 Å². The number of nitrogen functional groups attached to an aromatic ring is 1. The second kappa shape index (κ2) is 4.00. The van der Waals surface area contributed by atoms with Gasteiger partial charge in [0.05, 0.1) is 5.70 Å². The molecule has 0 aliphatic heterocycles. The Morgan fingerprint density at radius 2 is 2.07 bits per heavy atom. The summed E-state index contributed by atoms with van der Waals surface area (Å²) in [7, 11) is 0. The van der Waals surface area contributed by atoms with Crippen LogP contribution in [0.2, 0.25) is 0 Å². The highest BCUT2D eigenvalue weighted by Crippen LogP contribution is 2.27. The molecule has 0 unspecified atom stereocenters. The molecule has 0 bridgehead atoms. The second-order valence-electron chi connectivity index (χ2n) is 3.32. The molecule has 0 aliphatic carbocycles. The quantitative estimate of drug-likeness (QED) is 0.517. The first-order chi connectivity index (χ1) is 6.91. The fraction of sp³-hybridized carbons (Fsp3) is 0.200. The lowest BCUT2D eigenvalue weighted by atomic mass is 10.3. The van der Waals surface area contributed by atoms with Gasteiger partial charge < -0.3 is 15.9 Å². The first-order valence-corrected chi connectivity index (χ1v) is 4.36. The second-order valence-corrected chi connectivity index (χ2v) is 3.32. The van der Waals surface area contributed by atoms with Crippen LogP contribution in [0.3, 0.4) is 0 Å². The van der Waals surface area contributed by atoms with E-state index in [1.165, 1.54) is 0 Å². The highest BCUT2D eigenvalue weighted by Gasteiger charge is 2.13. The number of nitrogens with zero attached hydrogens (tertiary/aromatic N) is 1. The lowest BCUT2D eigenvalue weighted by molar-refractivity contribution is 0.542. The maximum absolute atomic E-state index is 7.23. The van der Waals surface area contributed by atoms with Gasteiger partial charge in [0.2, 0.25) is 0 Å². The Labute approximate surface area is 88.0 Å². The summed E-state index contributed by atoms with van der Waals surface area (Å²) in [6.07, 6.45) is 0. The highest BCUT2D eigenvalue weighted by molar-refractivity contribution is 5.94. The minimum atomic E-state index is -0.160. The van der Waals surface area contributed by atoms with Crippen molar-refractivity contribution in [3.05, 3.63) is 24.2 Å². The van der Waals surface area contributed by atoms with Gasteiger partial charge in [-0.15, -0.1) is 0 Å². The third kappa shape index (κ3) is 2.46. The van der Waals surface area contributed by atoms with E-state index in [1.54, 1.807) is 6.07 Å². The molecular formula is C10H14N4O. The van der Waals surface area contributed by atoms with Crippen LogP contribution in [0.5, 0.6) is 0 Å². The molecule has 0 saturated carbocycles. The van der Waals surface area contributed by atoms with E-state index >= 15 is 0 Å². The molecule has 1 aromatic rings. The maximum Gasteiger partial charge on any atom is 0.175 e. The van der Waals surface area contributed by atoms with E-state index in [9.17, 15) is 0 Å². The van der Waals surface area contributed by atoms with Crippen LogP contribution in [0.4, 0.5) is 5.69 Å². The number of hydrogen-bond donors (Lipinski definition) is 3. The van der Waals surface area contributed by atoms with Gasteiger partial charge in [0.25, 0.3) is 0 Å². The topological polar surface area (TPSA) is 101 Å². The van der Waals surface area contributed by atoms with E-state index in [2.05, 4.69) is 11.6 Å². The Bertz CT molecular complexity index is 438. The van der Waals surface area contributed by atoms with Crippen LogP contribution in [0.15, 0.2) is 22.1 Å². The summed E-state index contributed by atoms with van der Waals surface area (Å²) < 4.78 is 5.26. The molecule has 0 spiro atoms. The molecule has 0 saturated heterocycles. The molecule has 0 atom stereocenters. The minimum Gasteiger partial charge on any atom is -0.449 e. The molecule has 0 aliphatic rings. The van der Waals surface area contributed by atoms with Crippen molar-refractivity contribution >= 4 is 22.9 Å². The van der Waals surface area contributed by atoms with E-state index in [-0.39, 0.29) is 17.3 Å². The smallest absolute Gasteiger partial charge is 0.175 e. The fourth-order valence-electron chi connectivity index (χ4n) is 1.07. The zero-order valence-electron chi connectivity index (χ0n) is 8.79. The molecule has 5 heteroatoms. The minimum absolute atomic E-state index is 0.160. The summed E-state index contributed by atoms with van der Waals surface area (Å²) in [5.74, 6) is 0.450. The van der Waals surface area contributed by atoms with Gasteiger partial charge >= 0.3 is 0 Å². The predicted octanol–water partition coefficient (Wildman–Crippen LogP) is 1.61. The number of aliphatic imine (C=N–C) groups is 1. The van der Waals surface area contributed by atoms with Crippen molar-refractivity contribution in [2.45, 2.75) is 13.8 Å². The normalized spacial score (nSPS) is 9.73. The zero-order chi connectivity index (χ0) is 11.6. The Morgan fingerprint density at radius 3 is 2.47 bits per heavy atom.